The number of anilines is 3. The standard InChI is InChI=1S/C54H35NO2/c1-3-12-36(13-4-1)41-18-9-19-45(32-41)55(43-28-24-38(25-29-43)47-21-10-17-37-14-7-8-20-46(37)47)44-30-26-39(27-31-44)48-22-11-23-49-50-35-52-42(34-53(50)57-54(48)49)33-51(56-52)40-15-5-2-6-16-40/h1-35H. The topological polar surface area (TPSA) is 29.5 Å². The molecule has 0 amide bonds. The molecular weight excluding hydrogens is 695 g/mol. The summed E-state index contributed by atoms with van der Waals surface area (Å²) in [5.41, 5.74) is 13.8. The van der Waals surface area contributed by atoms with E-state index in [1.165, 1.54) is 33.0 Å². The summed E-state index contributed by atoms with van der Waals surface area (Å²) in [6.07, 6.45) is 0. The van der Waals surface area contributed by atoms with Gasteiger partial charge < -0.3 is 13.7 Å². The first kappa shape index (κ1) is 32.8. The molecule has 0 spiro atoms. The highest BCUT2D eigenvalue weighted by Gasteiger charge is 2.18. The zero-order valence-corrected chi connectivity index (χ0v) is 31.0. The molecule has 0 unspecified atom stereocenters. The third-order valence-electron chi connectivity index (χ3n) is 11.1. The summed E-state index contributed by atoms with van der Waals surface area (Å²) in [6, 6.07) is 75.1. The van der Waals surface area contributed by atoms with Crippen LogP contribution in [0.2, 0.25) is 0 Å². The van der Waals surface area contributed by atoms with Crippen molar-refractivity contribution in [2.75, 3.05) is 4.90 Å². The van der Waals surface area contributed by atoms with Crippen molar-refractivity contribution < 1.29 is 8.83 Å². The SMILES string of the molecule is c1ccc(-c2cccc(N(c3ccc(-c4cccc5ccccc45)cc3)c3ccc(-c4cccc5c4oc4cc6cc(-c7ccccc7)oc6cc45)cc3)c2)cc1. The van der Waals surface area contributed by atoms with Crippen molar-refractivity contribution in [3.05, 3.63) is 212 Å². The number of hydrogen-bond acceptors (Lipinski definition) is 3. The highest BCUT2D eigenvalue weighted by molar-refractivity contribution is 6.13. The van der Waals surface area contributed by atoms with Crippen molar-refractivity contribution >= 4 is 60.7 Å². The fraction of sp³-hybridized carbons (Fsp3) is 0. The maximum atomic E-state index is 6.65. The van der Waals surface area contributed by atoms with Gasteiger partial charge in [0.1, 0.15) is 22.5 Å². The van der Waals surface area contributed by atoms with E-state index in [4.69, 9.17) is 8.83 Å². The Bertz CT molecular complexity index is 3210. The van der Waals surface area contributed by atoms with Crippen LogP contribution in [0.4, 0.5) is 17.1 Å². The molecule has 0 bridgehead atoms. The van der Waals surface area contributed by atoms with Gasteiger partial charge in [0.15, 0.2) is 0 Å². The number of nitrogens with zero attached hydrogens (tertiary/aromatic N) is 1. The maximum absolute atomic E-state index is 6.65. The van der Waals surface area contributed by atoms with Crippen LogP contribution in [0.3, 0.4) is 0 Å². The maximum Gasteiger partial charge on any atom is 0.143 e. The Hall–Kier alpha value is -7.62. The predicted octanol–water partition coefficient (Wildman–Crippen LogP) is 15.6. The Kier molecular flexibility index (Phi) is 7.82. The molecule has 0 fully saturated rings. The number of rotatable bonds is 7. The van der Waals surface area contributed by atoms with E-state index >= 15 is 0 Å². The van der Waals surface area contributed by atoms with Crippen LogP contribution < -0.4 is 4.90 Å². The minimum Gasteiger partial charge on any atom is -0.456 e. The number of fused-ring (bicyclic) bond motifs is 5. The van der Waals surface area contributed by atoms with Gasteiger partial charge in [-0.2, -0.15) is 0 Å². The van der Waals surface area contributed by atoms with E-state index < -0.39 is 0 Å². The van der Waals surface area contributed by atoms with Gasteiger partial charge in [-0.05, 0) is 93.2 Å². The van der Waals surface area contributed by atoms with Crippen molar-refractivity contribution in [1.82, 2.24) is 0 Å². The average molecular weight is 730 g/mol. The van der Waals surface area contributed by atoms with Gasteiger partial charge in [0.25, 0.3) is 0 Å². The summed E-state index contributed by atoms with van der Waals surface area (Å²) in [5, 5.41) is 5.62. The molecule has 11 rings (SSSR count). The Morgan fingerprint density at radius 1 is 0.298 bits per heavy atom. The molecule has 3 heteroatoms. The van der Waals surface area contributed by atoms with E-state index in [0.717, 1.165) is 72.4 Å². The zero-order chi connectivity index (χ0) is 37.7. The zero-order valence-electron chi connectivity index (χ0n) is 31.0. The second-order valence-electron chi connectivity index (χ2n) is 14.5. The molecule has 268 valence electrons. The lowest BCUT2D eigenvalue weighted by molar-refractivity contribution is 0.631. The molecule has 9 aromatic carbocycles. The van der Waals surface area contributed by atoms with Crippen molar-refractivity contribution in [3.8, 4) is 44.7 Å². The third kappa shape index (κ3) is 5.85. The monoisotopic (exact) mass is 729 g/mol. The lowest BCUT2D eigenvalue weighted by Gasteiger charge is -2.26. The second-order valence-corrected chi connectivity index (χ2v) is 14.5. The smallest absolute Gasteiger partial charge is 0.143 e. The van der Waals surface area contributed by atoms with Gasteiger partial charge in [-0.3, -0.25) is 0 Å². The molecule has 0 saturated carbocycles. The summed E-state index contributed by atoms with van der Waals surface area (Å²) in [7, 11) is 0. The summed E-state index contributed by atoms with van der Waals surface area (Å²) in [6.45, 7) is 0. The van der Waals surface area contributed by atoms with Crippen LogP contribution in [0.15, 0.2) is 221 Å². The van der Waals surface area contributed by atoms with Gasteiger partial charge >= 0.3 is 0 Å². The Morgan fingerprint density at radius 3 is 1.67 bits per heavy atom. The normalized spacial score (nSPS) is 11.5. The van der Waals surface area contributed by atoms with Crippen molar-refractivity contribution in [3.63, 3.8) is 0 Å². The van der Waals surface area contributed by atoms with Crippen LogP contribution in [0.5, 0.6) is 0 Å². The van der Waals surface area contributed by atoms with Crippen LogP contribution in [0.25, 0.3) is 88.4 Å². The number of para-hydroxylation sites is 1. The van der Waals surface area contributed by atoms with E-state index in [-0.39, 0.29) is 0 Å². The molecule has 3 nitrogen and oxygen atoms in total. The van der Waals surface area contributed by atoms with Crippen LogP contribution >= 0.6 is 0 Å². The Balaban J connectivity index is 0.984. The fourth-order valence-corrected chi connectivity index (χ4v) is 8.26. The summed E-state index contributed by atoms with van der Waals surface area (Å²) >= 11 is 0. The molecule has 57 heavy (non-hydrogen) atoms. The molecule has 0 radical (unpaired) electrons. The van der Waals surface area contributed by atoms with E-state index in [1.807, 2.05) is 18.2 Å². The largest absolute Gasteiger partial charge is 0.456 e. The number of furan rings is 2. The average Bonchev–Trinajstić information content (AvgIpc) is 3.87. The summed E-state index contributed by atoms with van der Waals surface area (Å²) < 4.78 is 13.0. The molecule has 0 N–H and O–H groups in total. The van der Waals surface area contributed by atoms with Gasteiger partial charge in [-0.15, -0.1) is 0 Å². The van der Waals surface area contributed by atoms with Crippen LogP contribution in [-0.2, 0) is 0 Å². The minimum absolute atomic E-state index is 0.846. The van der Waals surface area contributed by atoms with Gasteiger partial charge in [-0.1, -0.05) is 158 Å². The molecule has 0 atom stereocenters. The minimum atomic E-state index is 0.846. The summed E-state index contributed by atoms with van der Waals surface area (Å²) in [4.78, 5) is 2.34. The third-order valence-corrected chi connectivity index (χ3v) is 11.1. The predicted molar refractivity (Wildman–Crippen MR) is 237 cm³/mol. The van der Waals surface area contributed by atoms with Crippen molar-refractivity contribution in [2.45, 2.75) is 0 Å². The highest BCUT2D eigenvalue weighted by Crippen LogP contribution is 2.42. The second kappa shape index (κ2) is 13.6. The molecule has 0 aliphatic heterocycles. The van der Waals surface area contributed by atoms with Gasteiger partial charge in [0.2, 0.25) is 0 Å². The molecule has 0 saturated heterocycles. The first-order valence-corrected chi connectivity index (χ1v) is 19.3. The lowest BCUT2D eigenvalue weighted by Crippen LogP contribution is -2.10. The highest BCUT2D eigenvalue weighted by atomic mass is 16.3. The van der Waals surface area contributed by atoms with Crippen molar-refractivity contribution in [2.24, 2.45) is 0 Å². The van der Waals surface area contributed by atoms with E-state index in [2.05, 4.69) is 199 Å². The molecule has 0 aliphatic rings. The van der Waals surface area contributed by atoms with Crippen LogP contribution in [-0.4, -0.2) is 0 Å². The number of benzene rings is 9. The Morgan fingerprint density at radius 2 is 0.895 bits per heavy atom. The summed E-state index contributed by atoms with van der Waals surface area (Å²) in [5.74, 6) is 0.852. The first-order chi connectivity index (χ1) is 28.2. The molecule has 2 aromatic heterocycles. The Labute approximate surface area is 330 Å². The van der Waals surface area contributed by atoms with Gasteiger partial charge in [-0.25, -0.2) is 0 Å². The van der Waals surface area contributed by atoms with Gasteiger partial charge in [0, 0.05) is 44.3 Å². The van der Waals surface area contributed by atoms with E-state index in [1.54, 1.807) is 0 Å². The molecule has 2 heterocycles. The quantitative estimate of drug-likeness (QED) is 0.164. The first-order valence-electron chi connectivity index (χ1n) is 19.3. The fourth-order valence-electron chi connectivity index (χ4n) is 8.26. The van der Waals surface area contributed by atoms with E-state index in [0.29, 0.717) is 0 Å². The molecule has 0 aliphatic carbocycles. The van der Waals surface area contributed by atoms with Crippen molar-refractivity contribution in [1.29, 1.82) is 0 Å². The van der Waals surface area contributed by atoms with Gasteiger partial charge in [0.05, 0.1) is 0 Å². The number of hydrogen-bond donors (Lipinski definition) is 0. The molecule has 11 aromatic rings. The van der Waals surface area contributed by atoms with Crippen LogP contribution in [0, 0.1) is 0 Å². The van der Waals surface area contributed by atoms with E-state index in [9.17, 15) is 0 Å². The lowest BCUT2D eigenvalue weighted by atomic mass is 9.98. The molecular formula is C54H35NO2. The van der Waals surface area contributed by atoms with Crippen LogP contribution in [0.1, 0.15) is 0 Å².